The number of hydrogen-bond donors (Lipinski definition) is 2. The lowest BCUT2D eigenvalue weighted by Gasteiger charge is -2.09. The molecule has 7 heteroatoms. The topological polar surface area (TPSA) is 90.1 Å². The monoisotopic (exact) mass is 270 g/mol. The van der Waals surface area contributed by atoms with Crippen LogP contribution < -0.4 is 15.8 Å². The van der Waals surface area contributed by atoms with E-state index in [1.54, 1.807) is 0 Å². The first-order valence-corrected chi connectivity index (χ1v) is 6.16. The Kier molecular flexibility index (Phi) is 3.98. The van der Waals surface area contributed by atoms with E-state index in [-0.39, 0.29) is 34.6 Å². The van der Waals surface area contributed by atoms with E-state index in [1.165, 1.54) is 6.07 Å². The minimum atomic E-state index is -0.247. The number of carbonyl (C=O) groups is 1. The van der Waals surface area contributed by atoms with Crippen molar-refractivity contribution in [2.45, 2.75) is 31.8 Å². The summed E-state index contributed by atoms with van der Waals surface area (Å²) in [4.78, 5) is 11.9. The predicted octanol–water partition coefficient (Wildman–Crippen LogP) is 0.748. The predicted molar refractivity (Wildman–Crippen MR) is 66.7 cm³/mol. The van der Waals surface area contributed by atoms with Crippen LogP contribution in [0.4, 0.5) is 0 Å². The van der Waals surface area contributed by atoms with E-state index in [9.17, 15) is 4.79 Å². The van der Waals surface area contributed by atoms with Crippen molar-refractivity contribution in [2.24, 2.45) is 5.73 Å². The highest BCUT2D eigenvalue weighted by molar-refractivity contribution is 6.32. The van der Waals surface area contributed by atoms with E-state index < -0.39 is 0 Å². The second-order valence-corrected chi connectivity index (χ2v) is 4.78. The summed E-state index contributed by atoms with van der Waals surface area (Å²) in [5, 5.41) is 10.3. The summed E-state index contributed by atoms with van der Waals surface area (Å²) >= 11 is 5.84. The molecule has 0 aliphatic heterocycles. The molecule has 1 atom stereocenters. The number of halogens is 1. The van der Waals surface area contributed by atoms with Crippen molar-refractivity contribution in [2.75, 3.05) is 6.61 Å². The molecule has 1 unspecified atom stereocenters. The molecule has 98 valence electrons. The normalized spacial score (nSPS) is 16.2. The van der Waals surface area contributed by atoms with Crippen LogP contribution in [0.2, 0.25) is 5.15 Å². The van der Waals surface area contributed by atoms with Crippen molar-refractivity contribution >= 4 is 17.5 Å². The maximum absolute atomic E-state index is 11.9. The van der Waals surface area contributed by atoms with Crippen LogP contribution in [0.3, 0.4) is 0 Å². The molecule has 1 aliphatic carbocycles. The molecule has 1 heterocycles. The third-order valence-electron chi connectivity index (χ3n) is 2.38. The molecule has 1 aliphatic rings. The lowest BCUT2D eigenvalue weighted by Crippen LogP contribution is -2.27. The Hall–Kier alpha value is -1.40. The molecule has 0 spiro atoms. The van der Waals surface area contributed by atoms with Crippen molar-refractivity contribution in [3.8, 4) is 5.88 Å². The van der Waals surface area contributed by atoms with Crippen LogP contribution in [0.15, 0.2) is 6.07 Å². The maximum atomic E-state index is 11.9. The van der Waals surface area contributed by atoms with Gasteiger partial charge in [0.05, 0.1) is 5.56 Å². The Morgan fingerprint density at radius 3 is 3.00 bits per heavy atom. The van der Waals surface area contributed by atoms with Crippen LogP contribution in [0, 0.1) is 0 Å². The molecule has 18 heavy (non-hydrogen) atoms. The number of hydrogen-bond acceptors (Lipinski definition) is 5. The summed E-state index contributed by atoms with van der Waals surface area (Å²) < 4.78 is 5.30. The lowest BCUT2D eigenvalue weighted by atomic mass is 10.3. The van der Waals surface area contributed by atoms with Crippen molar-refractivity contribution in [1.29, 1.82) is 0 Å². The molecule has 1 aromatic heterocycles. The SMILES string of the molecule is CC(N)COc1cc(C(=O)NC2CC2)c(Cl)nn1. The van der Waals surface area contributed by atoms with E-state index in [1.807, 2.05) is 6.92 Å². The minimum Gasteiger partial charge on any atom is -0.475 e. The fraction of sp³-hybridized carbons (Fsp3) is 0.545. The summed E-state index contributed by atoms with van der Waals surface area (Å²) in [6.45, 7) is 2.12. The molecule has 2 rings (SSSR count). The van der Waals surface area contributed by atoms with Gasteiger partial charge in [0.2, 0.25) is 5.88 Å². The highest BCUT2D eigenvalue weighted by Gasteiger charge is 2.25. The van der Waals surface area contributed by atoms with Crippen molar-refractivity contribution in [1.82, 2.24) is 15.5 Å². The van der Waals surface area contributed by atoms with E-state index in [0.717, 1.165) is 12.8 Å². The molecule has 6 nitrogen and oxygen atoms in total. The zero-order valence-corrected chi connectivity index (χ0v) is 10.8. The van der Waals surface area contributed by atoms with E-state index in [0.29, 0.717) is 6.61 Å². The van der Waals surface area contributed by atoms with Crippen LogP contribution in [0.5, 0.6) is 5.88 Å². The number of nitrogens with two attached hydrogens (primary N) is 1. The highest BCUT2D eigenvalue weighted by atomic mass is 35.5. The van der Waals surface area contributed by atoms with Gasteiger partial charge in [-0.25, -0.2) is 0 Å². The molecule has 3 N–H and O–H groups in total. The smallest absolute Gasteiger partial charge is 0.254 e. The first-order chi connectivity index (χ1) is 8.56. The lowest BCUT2D eigenvalue weighted by molar-refractivity contribution is 0.0950. The van der Waals surface area contributed by atoms with Crippen LogP contribution in [-0.2, 0) is 0 Å². The van der Waals surface area contributed by atoms with Gasteiger partial charge < -0.3 is 15.8 Å². The Balaban J connectivity index is 2.07. The third kappa shape index (κ3) is 3.54. The standard InChI is InChI=1S/C11H15ClN4O2/c1-6(13)5-18-9-4-8(10(12)16-15-9)11(17)14-7-2-3-7/h4,6-7H,2-3,5,13H2,1H3,(H,14,17). The first kappa shape index (κ1) is 13.0. The quantitative estimate of drug-likeness (QED) is 0.824. The highest BCUT2D eigenvalue weighted by Crippen LogP contribution is 2.22. The maximum Gasteiger partial charge on any atom is 0.254 e. The summed E-state index contributed by atoms with van der Waals surface area (Å²) in [7, 11) is 0. The molecular formula is C11H15ClN4O2. The van der Waals surface area contributed by atoms with Crippen LogP contribution in [0.25, 0.3) is 0 Å². The Bertz CT molecular complexity index is 449. The van der Waals surface area contributed by atoms with Gasteiger partial charge in [-0.2, -0.15) is 0 Å². The van der Waals surface area contributed by atoms with Gasteiger partial charge in [0.15, 0.2) is 5.15 Å². The second kappa shape index (κ2) is 5.49. The molecular weight excluding hydrogens is 256 g/mol. The van der Waals surface area contributed by atoms with Crippen LogP contribution in [0.1, 0.15) is 30.1 Å². The van der Waals surface area contributed by atoms with Crippen molar-refractivity contribution in [3.63, 3.8) is 0 Å². The van der Waals surface area contributed by atoms with Gasteiger partial charge in [0, 0.05) is 18.2 Å². The molecule has 1 saturated carbocycles. The van der Waals surface area contributed by atoms with E-state index in [4.69, 9.17) is 22.1 Å². The molecule has 1 amide bonds. The Labute approximate surface area is 110 Å². The van der Waals surface area contributed by atoms with Gasteiger partial charge in [-0.3, -0.25) is 4.79 Å². The average molecular weight is 271 g/mol. The minimum absolute atomic E-state index is 0.0706. The summed E-state index contributed by atoms with van der Waals surface area (Å²) in [5.41, 5.74) is 5.84. The summed E-state index contributed by atoms with van der Waals surface area (Å²) in [5.74, 6) is 0.000642. The molecule has 0 bridgehead atoms. The largest absolute Gasteiger partial charge is 0.475 e. The number of nitrogens with zero attached hydrogens (tertiary/aromatic N) is 2. The Morgan fingerprint density at radius 1 is 1.67 bits per heavy atom. The zero-order valence-electron chi connectivity index (χ0n) is 10.0. The number of amides is 1. The van der Waals surface area contributed by atoms with Gasteiger partial charge in [0.25, 0.3) is 5.91 Å². The van der Waals surface area contributed by atoms with Crippen LogP contribution in [-0.4, -0.2) is 34.8 Å². The number of nitrogens with one attached hydrogen (secondary N) is 1. The number of rotatable bonds is 5. The van der Waals surface area contributed by atoms with Gasteiger partial charge in [-0.05, 0) is 19.8 Å². The van der Waals surface area contributed by atoms with Crippen molar-refractivity contribution in [3.05, 3.63) is 16.8 Å². The number of ether oxygens (including phenoxy) is 1. The molecule has 0 saturated heterocycles. The van der Waals surface area contributed by atoms with Gasteiger partial charge in [-0.1, -0.05) is 11.6 Å². The van der Waals surface area contributed by atoms with Crippen LogP contribution >= 0.6 is 11.6 Å². The van der Waals surface area contributed by atoms with Gasteiger partial charge in [0.1, 0.15) is 6.61 Å². The van der Waals surface area contributed by atoms with Gasteiger partial charge in [-0.15, -0.1) is 10.2 Å². The summed E-state index contributed by atoms with van der Waals surface area (Å²) in [6.07, 6.45) is 2.02. The third-order valence-corrected chi connectivity index (χ3v) is 2.66. The van der Waals surface area contributed by atoms with E-state index in [2.05, 4.69) is 15.5 Å². The fourth-order valence-corrected chi connectivity index (χ4v) is 1.47. The Morgan fingerprint density at radius 2 is 2.39 bits per heavy atom. The van der Waals surface area contributed by atoms with Crippen molar-refractivity contribution < 1.29 is 9.53 Å². The number of carbonyl (C=O) groups excluding carboxylic acids is 1. The molecule has 1 aromatic rings. The fourth-order valence-electron chi connectivity index (χ4n) is 1.30. The molecule has 0 radical (unpaired) electrons. The van der Waals surface area contributed by atoms with E-state index >= 15 is 0 Å². The molecule has 1 fully saturated rings. The average Bonchev–Trinajstić information content (AvgIpc) is 3.11. The second-order valence-electron chi connectivity index (χ2n) is 4.42. The summed E-state index contributed by atoms with van der Waals surface area (Å²) in [6, 6.07) is 1.62. The molecule has 0 aromatic carbocycles. The number of aromatic nitrogens is 2. The zero-order chi connectivity index (χ0) is 13.1. The van der Waals surface area contributed by atoms with Gasteiger partial charge >= 0.3 is 0 Å². The first-order valence-electron chi connectivity index (χ1n) is 5.78.